The predicted molar refractivity (Wildman–Crippen MR) is 37.5 cm³/mol. The summed E-state index contributed by atoms with van der Waals surface area (Å²) in [7, 11) is 0. The Bertz CT molecular complexity index is 146. The molecule has 2 heteroatoms. The zero-order chi connectivity index (χ0) is 7.19. The Morgan fingerprint density at radius 3 is 2.80 bits per heavy atom. The third kappa shape index (κ3) is 0.789. The second-order valence-electron chi connectivity index (χ2n) is 3.82. The van der Waals surface area contributed by atoms with E-state index in [1.807, 2.05) is 0 Å². The Morgan fingerprint density at radius 2 is 2.20 bits per heavy atom. The molecule has 2 saturated carbocycles. The van der Waals surface area contributed by atoms with Gasteiger partial charge in [0.05, 0.1) is 11.7 Å². The third-order valence-electron chi connectivity index (χ3n) is 3.04. The lowest BCUT2D eigenvalue weighted by atomic mass is 9.85. The molecule has 0 aromatic carbocycles. The van der Waals surface area contributed by atoms with Crippen LogP contribution in [0.2, 0.25) is 0 Å². The van der Waals surface area contributed by atoms with Crippen LogP contribution in [-0.2, 0) is 0 Å². The van der Waals surface area contributed by atoms with Crippen molar-refractivity contribution in [3.63, 3.8) is 0 Å². The molecule has 0 amide bonds. The normalized spacial score (nSPS) is 53.4. The van der Waals surface area contributed by atoms with Gasteiger partial charge < -0.3 is 10.2 Å². The van der Waals surface area contributed by atoms with Crippen molar-refractivity contribution >= 4 is 0 Å². The van der Waals surface area contributed by atoms with Crippen LogP contribution in [0, 0.1) is 5.92 Å². The summed E-state index contributed by atoms with van der Waals surface area (Å²) < 4.78 is 0. The Morgan fingerprint density at radius 1 is 1.40 bits per heavy atom. The van der Waals surface area contributed by atoms with Crippen LogP contribution in [0.3, 0.4) is 0 Å². The zero-order valence-electron chi connectivity index (χ0n) is 6.08. The van der Waals surface area contributed by atoms with E-state index in [2.05, 4.69) is 0 Å². The van der Waals surface area contributed by atoms with Crippen LogP contribution in [0.5, 0.6) is 0 Å². The van der Waals surface area contributed by atoms with Gasteiger partial charge in [-0.1, -0.05) is 12.8 Å². The maximum atomic E-state index is 9.74. The summed E-state index contributed by atoms with van der Waals surface area (Å²) in [6, 6.07) is 0. The minimum absolute atomic E-state index is 0.431. The lowest BCUT2D eigenvalue weighted by Gasteiger charge is -2.29. The van der Waals surface area contributed by atoms with Crippen molar-refractivity contribution in [3.05, 3.63) is 0 Å². The molecule has 2 fully saturated rings. The van der Waals surface area contributed by atoms with Crippen molar-refractivity contribution in [1.82, 2.24) is 0 Å². The second kappa shape index (κ2) is 1.95. The topological polar surface area (TPSA) is 40.5 Å². The molecule has 2 nitrogen and oxygen atoms in total. The van der Waals surface area contributed by atoms with E-state index in [1.165, 1.54) is 6.42 Å². The van der Waals surface area contributed by atoms with Crippen LogP contribution in [0.1, 0.15) is 32.1 Å². The van der Waals surface area contributed by atoms with Crippen molar-refractivity contribution in [2.45, 2.75) is 43.8 Å². The van der Waals surface area contributed by atoms with Gasteiger partial charge in [-0.15, -0.1) is 0 Å². The van der Waals surface area contributed by atoms with Crippen LogP contribution < -0.4 is 0 Å². The molecule has 0 radical (unpaired) electrons. The fourth-order valence-corrected chi connectivity index (χ4v) is 2.44. The Hall–Kier alpha value is -0.0800. The van der Waals surface area contributed by atoms with Gasteiger partial charge in [-0.2, -0.15) is 0 Å². The highest BCUT2D eigenvalue weighted by Crippen LogP contribution is 2.44. The van der Waals surface area contributed by atoms with Gasteiger partial charge in [0, 0.05) is 0 Å². The van der Waals surface area contributed by atoms with Crippen LogP contribution in [0.4, 0.5) is 0 Å². The van der Waals surface area contributed by atoms with Gasteiger partial charge in [0.25, 0.3) is 0 Å². The van der Waals surface area contributed by atoms with E-state index in [9.17, 15) is 10.2 Å². The summed E-state index contributed by atoms with van der Waals surface area (Å²) in [4.78, 5) is 0. The molecule has 0 heterocycles. The molecule has 2 N–H and O–H groups in total. The van der Waals surface area contributed by atoms with Gasteiger partial charge in [0.2, 0.25) is 0 Å². The molecule has 0 aliphatic heterocycles. The molecule has 2 bridgehead atoms. The molecule has 0 saturated heterocycles. The maximum absolute atomic E-state index is 9.74. The van der Waals surface area contributed by atoms with Crippen LogP contribution in [0.25, 0.3) is 0 Å². The number of fused-ring (bicyclic) bond motifs is 2. The molecule has 0 spiro atoms. The summed E-state index contributed by atoms with van der Waals surface area (Å²) in [5, 5.41) is 19.1. The Balaban J connectivity index is 2.18. The van der Waals surface area contributed by atoms with Gasteiger partial charge in [-0.3, -0.25) is 0 Å². The lowest BCUT2D eigenvalue weighted by Crippen LogP contribution is -2.37. The fourth-order valence-electron chi connectivity index (χ4n) is 2.44. The van der Waals surface area contributed by atoms with Crippen molar-refractivity contribution in [2.75, 3.05) is 0 Å². The minimum Gasteiger partial charge on any atom is -0.390 e. The predicted octanol–water partition coefficient (Wildman–Crippen LogP) is 0.672. The highest BCUT2D eigenvalue weighted by Gasteiger charge is 2.47. The highest BCUT2D eigenvalue weighted by atomic mass is 16.3. The Labute approximate surface area is 60.9 Å². The summed E-state index contributed by atoms with van der Waals surface area (Å²) >= 11 is 0. The molecule has 2 rings (SSSR count). The fraction of sp³-hybridized carbons (Fsp3) is 1.00. The number of rotatable bonds is 0. The van der Waals surface area contributed by atoms with E-state index in [0.29, 0.717) is 5.92 Å². The van der Waals surface area contributed by atoms with Crippen molar-refractivity contribution in [3.8, 4) is 0 Å². The summed E-state index contributed by atoms with van der Waals surface area (Å²) in [6.45, 7) is 0. The first-order valence-corrected chi connectivity index (χ1v) is 4.11. The van der Waals surface area contributed by atoms with Crippen LogP contribution in [0.15, 0.2) is 0 Å². The van der Waals surface area contributed by atoms with E-state index < -0.39 is 11.7 Å². The van der Waals surface area contributed by atoms with Gasteiger partial charge in [0.1, 0.15) is 0 Å². The first-order valence-electron chi connectivity index (χ1n) is 4.11. The van der Waals surface area contributed by atoms with E-state index in [-0.39, 0.29) is 0 Å². The zero-order valence-corrected chi connectivity index (χ0v) is 6.08. The number of hydrogen-bond donors (Lipinski definition) is 2. The van der Waals surface area contributed by atoms with Crippen LogP contribution >= 0.6 is 0 Å². The molecule has 3 atom stereocenters. The largest absolute Gasteiger partial charge is 0.390 e. The van der Waals surface area contributed by atoms with Crippen molar-refractivity contribution in [1.29, 1.82) is 0 Å². The van der Waals surface area contributed by atoms with E-state index in [0.717, 1.165) is 25.7 Å². The summed E-state index contributed by atoms with van der Waals surface area (Å²) in [5.74, 6) is 0.605. The molecular weight excluding hydrogens is 128 g/mol. The first kappa shape index (κ1) is 6.62. The average molecular weight is 142 g/mol. The molecule has 58 valence electrons. The van der Waals surface area contributed by atoms with Gasteiger partial charge in [-0.25, -0.2) is 0 Å². The van der Waals surface area contributed by atoms with Crippen molar-refractivity contribution in [2.24, 2.45) is 5.92 Å². The standard InChI is InChI=1S/C8H14O2/c9-7-4-6-2-1-3-8(7,10)5-6/h6-7,9-10H,1-5H2. The molecule has 0 aromatic rings. The van der Waals surface area contributed by atoms with Crippen molar-refractivity contribution < 1.29 is 10.2 Å². The quantitative estimate of drug-likeness (QED) is 0.522. The number of aliphatic hydroxyl groups excluding tert-OH is 1. The summed E-state index contributed by atoms with van der Waals surface area (Å²) in [6.07, 6.45) is 4.35. The lowest BCUT2D eigenvalue weighted by molar-refractivity contribution is -0.0638. The molecule has 10 heavy (non-hydrogen) atoms. The molecule has 2 aliphatic carbocycles. The highest BCUT2D eigenvalue weighted by molar-refractivity contribution is 4.99. The van der Waals surface area contributed by atoms with E-state index in [1.54, 1.807) is 0 Å². The SMILES string of the molecule is OC1CC2CCCC1(O)C2. The minimum atomic E-state index is -0.692. The Kier molecular flexibility index (Phi) is 1.29. The average Bonchev–Trinajstić information content (AvgIpc) is 2.04. The molecular formula is C8H14O2. The number of hydrogen-bond acceptors (Lipinski definition) is 2. The maximum Gasteiger partial charge on any atom is 0.0908 e. The molecule has 0 aromatic heterocycles. The van der Waals surface area contributed by atoms with E-state index in [4.69, 9.17) is 0 Å². The first-order chi connectivity index (χ1) is 4.71. The van der Waals surface area contributed by atoms with Gasteiger partial charge in [0.15, 0.2) is 0 Å². The molecule has 3 unspecified atom stereocenters. The smallest absolute Gasteiger partial charge is 0.0908 e. The number of aliphatic hydroxyl groups is 2. The van der Waals surface area contributed by atoms with Crippen LogP contribution in [-0.4, -0.2) is 21.9 Å². The third-order valence-corrected chi connectivity index (χ3v) is 3.04. The van der Waals surface area contributed by atoms with E-state index >= 15 is 0 Å². The summed E-state index contributed by atoms with van der Waals surface area (Å²) in [5.41, 5.74) is -0.692. The van der Waals surface area contributed by atoms with Gasteiger partial charge in [-0.05, 0) is 25.2 Å². The molecule has 2 aliphatic rings. The monoisotopic (exact) mass is 142 g/mol. The second-order valence-corrected chi connectivity index (χ2v) is 3.82. The van der Waals surface area contributed by atoms with Gasteiger partial charge >= 0.3 is 0 Å².